The second kappa shape index (κ2) is 10.2. The predicted octanol–water partition coefficient (Wildman–Crippen LogP) is 3.65. The van der Waals surface area contributed by atoms with Gasteiger partial charge in [0.15, 0.2) is 5.65 Å². The summed E-state index contributed by atoms with van der Waals surface area (Å²) in [6.45, 7) is 4.78. The first-order valence-electron chi connectivity index (χ1n) is 13.1. The van der Waals surface area contributed by atoms with E-state index < -0.39 is 0 Å². The van der Waals surface area contributed by atoms with Crippen molar-refractivity contribution in [2.45, 2.75) is 25.2 Å². The van der Waals surface area contributed by atoms with Crippen LogP contribution in [0.5, 0.6) is 0 Å². The third kappa shape index (κ3) is 4.77. The summed E-state index contributed by atoms with van der Waals surface area (Å²) in [5.41, 5.74) is 3.59. The molecule has 1 atom stereocenters. The number of likely N-dealkylation sites (tertiary alicyclic amines) is 1. The highest BCUT2D eigenvalue weighted by Gasteiger charge is 2.26. The molecule has 0 bridgehead atoms. The molecule has 3 aromatic rings. The lowest BCUT2D eigenvalue weighted by Crippen LogP contribution is -2.50. The van der Waals surface area contributed by atoms with Crippen molar-refractivity contribution in [3.8, 4) is 0 Å². The van der Waals surface area contributed by atoms with E-state index >= 15 is 0 Å². The molecule has 1 amide bonds. The molecule has 1 N–H and O–H groups in total. The molecule has 8 nitrogen and oxygen atoms in total. The summed E-state index contributed by atoms with van der Waals surface area (Å²) in [7, 11) is 0. The Balaban J connectivity index is 1.12. The van der Waals surface area contributed by atoms with Gasteiger partial charge in [-0.15, -0.1) is 0 Å². The molecule has 4 heterocycles. The zero-order valence-electron chi connectivity index (χ0n) is 20.9. The number of anilines is 2. The third-order valence-corrected chi connectivity index (χ3v) is 7.59. The van der Waals surface area contributed by atoms with E-state index in [0.717, 1.165) is 36.7 Å². The van der Waals surface area contributed by atoms with E-state index in [1.807, 2.05) is 26.5 Å². The largest absolute Gasteiger partial charge is 0.372 e. The number of carbonyl (C=O) groups excluding carboxylic acids is 1. The number of carbonyl (C=O) groups is 1. The first-order chi connectivity index (χ1) is 18.2. The van der Waals surface area contributed by atoms with Gasteiger partial charge >= 0.3 is 0 Å². The van der Waals surface area contributed by atoms with Gasteiger partial charge in [0.2, 0.25) is 5.91 Å². The average Bonchev–Trinajstić information content (AvgIpc) is 3.61. The van der Waals surface area contributed by atoms with Gasteiger partial charge in [-0.05, 0) is 37.5 Å². The Kier molecular flexibility index (Phi) is 6.51. The van der Waals surface area contributed by atoms with E-state index in [0.29, 0.717) is 31.9 Å². The number of halogens is 1. The summed E-state index contributed by atoms with van der Waals surface area (Å²) in [4.78, 5) is 28.5. The Hall–Kier alpha value is -3.88. The van der Waals surface area contributed by atoms with Crippen LogP contribution >= 0.6 is 0 Å². The maximum absolute atomic E-state index is 14.2. The van der Waals surface area contributed by atoms with Crippen molar-refractivity contribution in [2.24, 2.45) is 0 Å². The summed E-state index contributed by atoms with van der Waals surface area (Å²) in [6.07, 6.45) is 15.5. The van der Waals surface area contributed by atoms with Crippen molar-refractivity contribution in [3.05, 3.63) is 78.3 Å². The van der Waals surface area contributed by atoms with Gasteiger partial charge in [-0.2, -0.15) is 0 Å². The summed E-state index contributed by atoms with van der Waals surface area (Å²) in [5.74, 6) is 0.771. The summed E-state index contributed by atoms with van der Waals surface area (Å²) < 4.78 is 16.1. The highest BCUT2D eigenvalue weighted by molar-refractivity contribution is 5.81. The number of rotatable bonds is 6. The molecule has 3 aliphatic rings. The first kappa shape index (κ1) is 23.5. The number of hydrogen-bond acceptors (Lipinski definition) is 6. The second-order valence-corrected chi connectivity index (χ2v) is 9.85. The van der Waals surface area contributed by atoms with Crippen LogP contribution in [-0.4, -0.2) is 75.9 Å². The molecule has 2 aromatic heterocycles. The molecule has 6 rings (SSSR count). The molecule has 1 unspecified atom stereocenters. The van der Waals surface area contributed by atoms with Crippen molar-refractivity contribution in [1.82, 2.24) is 24.2 Å². The number of amides is 1. The maximum atomic E-state index is 14.2. The van der Waals surface area contributed by atoms with Crippen LogP contribution in [0.25, 0.3) is 5.65 Å². The number of para-hydroxylation sites is 1. The zero-order chi connectivity index (χ0) is 25.2. The standard InChI is InChI=1S/C28H32FN7O/c29-23-5-1-2-6-24(23)34-15-17-35(18-16-34)26(37)20-31-28-27(32-25-19-30-11-14-36(25)28)21-7-9-22(10-8-21)33-12-3-4-13-33/h1-2,5-7,9-11,14,19,21,31H,3-4,8,12-13,15-18,20H2. The molecule has 2 fully saturated rings. The van der Waals surface area contributed by atoms with E-state index in [1.54, 1.807) is 24.5 Å². The summed E-state index contributed by atoms with van der Waals surface area (Å²) in [5, 5.41) is 3.39. The van der Waals surface area contributed by atoms with E-state index in [-0.39, 0.29) is 24.2 Å². The molecule has 2 aliphatic heterocycles. The highest BCUT2D eigenvalue weighted by atomic mass is 19.1. The fourth-order valence-electron chi connectivity index (χ4n) is 5.56. The van der Waals surface area contributed by atoms with Crippen LogP contribution in [0.1, 0.15) is 30.9 Å². The number of imidazole rings is 1. The Labute approximate surface area is 216 Å². The zero-order valence-corrected chi connectivity index (χ0v) is 20.9. The number of hydrogen-bond donors (Lipinski definition) is 1. The van der Waals surface area contributed by atoms with Gasteiger partial charge in [0.05, 0.1) is 24.1 Å². The molecule has 0 radical (unpaired) electrons. The topological polar surface area (TPSA) is 69.0 Å². The Bertz CT molecular complexity index is 1340. The summed E-state index contributed by atoms with van der Waals surface area (Å²) >= 11 is 0. The molecule has 1 aromatic carbocycles. The minimum absolute atomic E-state index is 0.0264. The van der Waals surface area contributed by atoms with Crippen LogP contribution in [0, 0.1) is 5.82 Å². The predicted molar refractivity (Wildman–Crippen MR) is 142 cm³/mol. The van der Waals surface area contributed by atoms with Gasteiger partial charge < -0.3 is 20.0 Å². The lowest BCUT2D eigenvalue weighted by molar-refractivity contribution is -0.129. The van der Waals surface area contributed by atoms with Gasteiger partial charge in [0, 0.05) is 63.3 Å². The quantitative estimate of drug-likeness (QED) is 0.556. The van der Waals surface area contributed by atoms with Crippen LogP contribution in [0.4, 0.5) is 15.9 Å². The number of allylic oxidation sites excluding steroid dienone is 3. The number of nitrogens with one attached hydrogen (secondary N) is 1. The molecule has 9 heteroatoms. The Morgan fingerprint density at radius 1 is 1.05 bits per heavy atom. The average molecular weight is 502 g/mol. The third-order valence-electron chi connectivity index (χ3n) is 7.59. The van der Waals surface area contributed by atoms with Crippen molar-refractivity contribution < 1.29 is 9.18 Å². The lowest BCUT2D eigenvalue weighted by Gasteiger charge is -2.36. The van der Waals surface area contributed by atoms with Crippen molar-refractivity contribution in [2.75, 3.05) is 56.0 Å². The van der Waals surface area contributed by atoms with Crippen LogP contribution in [0.15, 0.2) is 66.8 Å². The van der Waals surface area contributed by atoms with E-state index in [2.05, 4.69) is 33.4 Å². The number of piperazine rings is 1. The fraction of sp³-hybridized carbons (Fsp3) is 0.393. The van der Waals surface area contributed by atoms with Crippen molar-refractivity contribution in [3.63, 3.8) is 0 Å². The molecule has 2 saturated heterocycles. The number of aromatic nitrogens is 3. The number of nitrogens with zero attached hydrogens (tertiary/aromatic N) is 6. The van der Waals surface area contributed by atoms with Crippen molar-refractivity contribution in [1.29, 1.82) is 0 Å². The smallest absolute Gasteiger partial charge is 0.242 e. The molecular formula is C28H32FN7O. The SMILES string of the molecule is O=C(CNc1c(C2C=CC(N3CCCC3)=CC2)nc2cnccn12)N1CCN(c2ccccc2F)CC1. The van der Waals surface area contributed by atoms with Crippen molar-refractivity contribution >= 4 is 23.1 Å². The minimum Gasteiger partial charge on any atom is -0.372 e. The van der Waals surface area contributed by atoms with Crippen LogP contribution in [0.3, 0.4) is 0 Å². The summed E-state index contributed by atoms with van der Waals surface area (Å²) in [6, 6.07) is 6.80. The lowest BCUT2D eigenvalue weighted by atomic mass is 9.95. The first-order valence-corrected chi connectivity index (χ1v) is 13.1. The van der Waals surface area contributed by atoms with E-state index in [1.165, 1.54) is 24.6 Å². The fourth-order valence-corrected chi connectivity index (χ4v) is 5.56. The van der Waals surface area contributed by atoms with E-state index in [9.17, 15) is 9.18 Å². The van der Waals surface area contributed by atoms with E-state index in [4.69, 9.17) is 4.98 Å². The van der Waals surface area contributed by atoms with Gasteiger partial charge in [0.1, 0.15) is 11.6 Å². The normalized spacial score (nSPS) is 20.0. The molecule has 1 aliphatic carbocycles. The minimum atomic E-state index is -0.224. The Morgan fingerprint density at radius 2 is 1.86 bits per heavy atom. The highest BCUT2D eigenvalue weighted by Crippen LogP contribution is 2.33. The van der Waals surface area contributed by atoms with Gasteiger partial charge in [-0.25, -0.2) is 9.37 Å². The van der Waals surface area contributed by atoms with Crippen LogP contribution < -0.4 is 10.2 Å². The van der Waals surface area contributed by atoms with Crippen LogP contribution in [0.2, 0.25) is 0 Å². The monoisotopic (exact) mass is 501 g/mol. The molecule has 0 saturated carbocycles. The second-order valence-electron chi connectivity index (χ2n) is 9.85. The molecule has 0 spiro atoms. The molecular weight excluding hydrogens is 469 g/mol. The number of benzene rings is 1. The number of fused-ring (bicyclic) bond motifs is 1. The molecule has 37 heavy (non-hydrogen) atoms. The Morgan fingerprint density at radius 3 is 2.62 bits per heavy atom. The van der Waals surface area contributed by atoms with Crippen LogP contribution in [-0.2, 0) is 4.79 Å². The van der Waals surface area contributed by atoms with Gasteiger partial charge in [0.25, 0.3) is 0 Å². The molecule has 192 valence electrons. The maximum Gasteiger partial charge on any atom is 0.242 e. The van der Waals surface area contributed by atoms with Gasteiger partial charge in [-0.1, -0.05) is 24.3 Å². The van der Waals surface area contributed by atoms with Gasteiger partial charge in [-0.3, -0.25) is 14.2 Å².